The van der Waals surface area contributed by atoms with Crippen LogP contribution in [0.1, 0.15) is 18.9 Å². The van der Waals surface area contributed by atoms with Gasteiger partial charge in [-0.15, -0.1) is 24.0 Å². The first-order valence-electron chi connectivity index (χ1n) is 9.15. The third kappa shape index (κ3) is 4.92. The van der Waals surface area contributed by atoms with Crippen LogP contribution in [0.15, 0.2) is 41.4 Å². The standard InChI is InChI=1S/C20H23N3O4.HI/c1-2-21-20(22-12-14-4-6-17-18(10-14)27-13-26-17)23-15-5-7-16-19(11-15)25-9-3-8-24-16;/h4-7,10-11H,2-3,8-9,12-13H2,1H3,(H2,21,22,23);1H. The molecule has 0 radical (unpaired) electrons. The fraction of sp³-hybridized carbons (Fsp3) is 0.350. The number of rotatable bonds is 4. The number of hydrogen-bond donors (Lipinski definition) is 2. The molecule has 8 heteroatoms. The molecule has 7 nitrogen and oxygen atoms in total. The van der Waals surface area contributed by atoms with Crippen LogP contribution in [0.3, 0.4) is 0 Å². The number of fused-ring (bicyclic) bond motifs is 2. The zero-order valence-corrected chi connectivity index (χ0v) is 18.0. The molecule has 0 saturated carbocycles. The van der Waals surface area contributed by atoms with Crippen molar-refractivity contribution < 1.29 is 18.9 Å². The van der Waals surface area contributed by atoms with E-state index in [-0.39, 0.29) is 30.8 Å². The Labute approximate surface area is 181 Å². The van der Waals surface area contributed by atoms with Gasteiger partial charge in [0, 0.05) is 24.7 Å². The quantitative estimate of drug-likeness (QED) is 0.381. The highest BCUT2D eigenvalue weighted by Gasteiger charge is 2.14. The number of nitrogens with zero attached hydrogens (tertiary/aromatic N) is 1. The molecule has 28 heavy (non-hydrogen) atoms. The maximum absolute atomic E-state index is 5.75. The summed E-state index contributed by atoms with van der Waals surface area (Å²) in [5.41, 5.74) is 1.94. The Bertz CT molecular complexity index is 844. The topological polar surface area (TPSA) is 73.3 Å². The van der Waals surface area contributed by atoms with Gasteiger partial charge in [0.05, 0.1) is 19.8 Å². The van der Waals surface area contributed by atoms with E-state index in [1.54, 1.807) is 0 Å². The minimum absolute atomic E-state index is 0. The monoisotopic (exact) mass is 497 g/mol. The highest BCUT2D eigenvalue weighted by molar-refractivity contribution is 14.0. The first-order chi connectivity index (χ1) is 13.3. The van der Waals surface area contributed by atoms with Gasteiger partial charge in [0.2, 0.25) is 6.79 Å². The average Bonchev–Trinajstić information content (AvgIpc) is 3.03. The number of anilines is 1. The second-order valence-electron chi connectivity index (χ2n) is 6.22. The Kier molecular flexibility index (Phi) is 7.07. The maximum Gasteiger partial charge on any atom is 0.231 e. The van der Waals surface area contributed by atoms with Crippen LogP contribution >= 0.6 is 24.0 Å². The molecule has 150 valence electrons. The lowest BCUT2D eigenvalue weighted by atomic mass is 10.2. The molecular formula is C20H24IN3O4. The van der Waals surface area contributed by atoms with Crippen LogP contribution in [0.5, 0.6) is 23.0 Å². The van der Waals surface area contributed by atoms with E-state index < -0.39 is 0 Å². The van der Waals surface area contributed by atoms with Crippen molar-refractivity contribution in [3.8, 4) is 23.0 Å². The van der Waals surface area contributed by atoms with Gasteiger partial charge in [-0.2, -0.15) is 0 Å². The molecule has 0 unspecified atom stereocenters. The van der Waals surface area contributed by atoms with E-state index in [0.29, 0.717) is 25.7 Å². The van der Waals surface area contributed by atoms with Crippen molar-refractivity contribution in [3.05, 3.63) is 42.0 Å². The van der Waals surface area contributed by atoms with Gasteiger partial charge < -0.3 is 29.6 Å². The molecule has 0 amide bonds. The number of benzene rings is 2. The van der Waals surface area contributed by atoms with E-state index >= 15 is 0 Å². The predicted molar refractivity (Wildman–Crippen MR) is 118 cm³/mol. The Morgan fingerprint density at radius 1 is 0.929 bits per heavy atom. The fourth-order valence-corrected chi connectivity index (χ4v) is 2.89. The van der Waals surface area contributed by atoms with Crippen molar-refractivity contribution >= 4 is 35.6 Å². The number of aliphatic imine (C=N–C) groups is 1. The summed E-state index contributed by atoms with van der Waals surface area (Å²) in [5.74, 6) is 3.78. The van der Waals surface area contributed by atoms with Crippen LogP contribution in [-0.2, 0) is 6.54 Å². The van der Waals surface area contributed by atoms with Crippen LogP contribution in [0, 0.1) is 0 Å². The Morgan fingerprint density at radius 3 is 2.50 bits per heavy atom. The van der Waals surface area contributed by atoms with Gasteiger partial charge in [0.15, 0.2) is 29.0 Å². The second-order valence-corrected chi connectivity index (χ2v) is 6.22. The lowest BCUT2D eigenvalue weighted by molar-refractivity contribution is 0.174. The molecule has 0 spiro atoms. The smallest absolute Gasteiger partial charge is 0.231 e. The lowest BCUT2D eigenvalue weighted by Gasteiger charge is -2.14. The first kappa shape index (κ1) is 20.4. The SMILES string of the molecule is CCNC(=NCc1ccc2c(c1)OCO2)Nc1ccc2c(c1)OCCCO2.I. The number of hydrogen-bond acceptors (Lipinski definition) is 5. The molecule has 2 aromatic rings. The summed E-state index contributed by atoms with van der Waals surface area (Å²) in [5, 5.41) is 6.58. The Balaban J connectivity index is 0.00000225. The molecule has 2 aliphatic rings. The number of guanidine groups is 1. The van der Waals surface area contributed by atoms with Gasteiger partial charge in [-0.05, 0) is 36.8 Å². The summed E-state index contributed by atoms with van der Waals surface area (Å²) in [4.78, 5) is 4.66. The average molecular weight is 497 g/mol. The van der Waals surface area contributed by atoms with Crippen molar-refractivity contribution in [3.63, 3.8) is 0 Å². The third-order valence-electron chi connectivity index (χ3n) is 4.21. The molecule has 0 atom stereocenters. The molecule has 0 saturated heterocycles. The van der Waals surface area contributed by atoms with Crippen molar-refractivity contribution in [2.75, 3.05) is 31.9 Å². The molecule has 0 aromatic heterocycles. The molecule has 2 heterocycles. The molecule has 4 rings (SSSR count). The summed E-state index contributed by atoms with van der Waals surface area (Å²) in [6, 6.07) is 11.7. The largest absolute Gasteiger partial charge is 0.490 e. The number of ether oxygens (including phenoxy) is 4. The van der Waals surface area contributed by atoms with Crippen LogP contribution in [0.25, 0.3) is 0 Å². The van der Waals surface area contributed by atoms with Crippen LogP contribution in [0.4, 0.5) is 5.69 Å². The van der Waals surface area contributed by atoms with Crippen LogP contribution < -0.4 is 29.6 Å². The molecule has 2 aromatic carbocycles. The molecule has 0 bridgehead atoms. The van der Waals surface area contributed by atoms with E-state index in [2.05, 4.69) is 15.6 Å². The highest BCUT2D eigenvalue weighted by Crippen LogP contribution is 2.33. The third-order valence-corrected chi connectivity index (χ3v) is 4.21. The zero-order valence-electron chi connectivity index (χ0n) is 15.7. The molecule has 2 N–H and O–H groups in total. The minimum Gasteiger partial charge on any atom is -0.490 e. The number of nitrogens with one attached hydrogen (secondary N) is 2. The van der Waals surface area contributed by atoms with Gasteiger partial charge in [-0.25, -0.2) is 4.99 Å². The van der Waals surface area contributed by atoms with Gasteiger partial charge in [-0.1, -0.05) is 6.07 Å². The predicted octanol–water partition coefficient (Wildman–Crippen LogP) is 3.77. The molecular weight excluding hydrogens is 473 g/mol. The number of halogens is 1. The van der Waals surface area contributed by atoms with Gasteiger partial charge in [0.1, 0.15) is 0 Å². The first-order valence-corrected chi connectivity index (χ1v) is 9.15. The van der Waals surface area contributed by atoms with Crippen molar-refractivity contribution in [2.45, 2.75) is 19.9 Å². The van der Waals surface area contributed by atoms with Crippen molar-refractivity contribution in [1.29, 1.82) is 0 Å². The van der Waals surface area contributed by atoms with Crippen LogP contribution in [0.2, 0.25) is 0 Å². The van der Waals surface area contributed by atoms with E-state index in [4.69, 9.17) is 18.9 Å². The molecule has 2 aliphatic heterocycles. The Hall–Kier alpha value is -2.36. The fourth-order valence-electron chi connectivity index (χ4n) is 2.89. The van der Waals surface area contributed by atoms with Gasteiger partial charge in [0.25, 0.3) is 0 Å². The normalized spacial score (nSPS) is 14.7. The lowest BCUT2D eigenvalue weighted by Crippen LogP contribution is -2.30. The van der Waals surface area contributed by atoms with E-state index in [1.165, 1.54) is 0 Å². The summed E-state index contributed by atoms with van der Waals surface area (Å²) >= 11 is 0. The van der Waals surface area contributed by atoms with E-state index in [1.807, 2.05) is 43.3 Å². The van der Waals surface area contributed by atoms with Gasteiger partial charge in [-0.3, -0.25) is 0 Å². The summed E-state index contributed by atoms with van der Waals surface area (Å²) in [6.07, 6.45) is 0.886. The van der Waals surface area contributed by atoms with E-state index in [9.17, 15) is 0 Å². The van der Waals surface area contributed by atoms with Gasteiger partial charge >= 0.3 is 0 Å². The van der Waals surface area contributed by atoms with E-state index in [0.717, 1.165) is 47.2 Å². The molecule has 0 aliphatic carbocycles. The summed E-state index contributed by atoms with van der Waals surface area (Å²) in [7, 11) is 0. The second kappa shape index (κ2) is 9.72. The van der Waals surface area contributed by atoms with Crippen LogP contribution in [-0.4, -0.2) is 32.5 Å². The molecule has 0 fully saturated rings. The minimum atomic E-state index is 0. The highest BCUT2D eigenvalue weighted by atomic mass is 127. The van der Waals surface area contributed by atoms with Crippen molar-refractivity contribution in [1.82, 2.24) is 5.32 Å². The summed E-state index contributed by atoms with van der Waals surface area (Å²) < 4.78 is 22.2. The van der Waals surface area contributed by atoms with Crippen molar-refractivity contribution in [2.24, 2.45) is 4.99 Å². The summed E-state index contributed by atoms with van der Waals surface area (Å²) in [6.45, 7) is 4.93. The zero-order chi connectivity index (χ0) is 18.5. The Morgan fingerprint density at radius 2 is 1.64 bits per heavy atom. The maximum atomic E-state index is 5.75.